The summed E-state index contributed by atoms with van der Waals surface area (Å²) in [5.41, 5.74) is 0. The summed E-state index contributed by atoms with van der Waals surface area (Å²) in [6, 6.07) is 0. The van der Waals surface area contributed by atoms with Crippen molar-refractivity contribution in [3.63, 3.8) is 0 Å². The van der Waals surface area contributed by atoms with Crippen LogP contribution in [0.1, 0.15) is 226 Å². The van der Waals surface area contributed by atoms with Gasteiger partial charge in [0.2, 0.25) is 0 Å². The number of rotatable bonds is 44. The number of nitrogens with one attached hydrogen (secondary N) is 1. The SMILES string of the molecule is CCCCCCCC/C=C\CCCCCCCCCCCCCC(=O)O[C@H](COC(=O)CCCCCCCCCCCCCC)COP(=O)(O)OCCNC. The van der Waals surface area contributed by atoms with Gasteiger partial charge in [0, 0.05) is 19.4 Å². The molecule has 0 rings (SSSR count). The van der Waals surface area contributed by atoms with E-state index < -0.39 is 26.5 Å². The molecule has 2 atom stereocenters. The van der Waals surface area contributed by atoms with E-state index >= 15 is 0 Å². The van der Waals surface area contributed by atoms with Crippen molar-refractivity contribution in [2.75, 3.05) is 33.4 Å². The fourth-order valence-electron chi connectivity index (χ4n) is 6.61. The van der Waals surface area contributed by atoms with Crippen LogP contribution < -0.4 is 5.32 Å². The van der Waals surface area contributed by atoms with E-state index in [9.17, 15) is 19.0 Å². The minimum atomic E-state index is -4.34. The molecular formula is C45H88NO8P. The number of carbonyl (C=O) groups is 2. The van der Waals surface area contributed by atoms with Gasteiger partial charge in [-0.1, -0.05) is 187 Å². The van der Waals surface area contributed by atoms with Gasteiger partial charge in [0.1, 0.15) is 6.61 Å². The number of unbranched alkanes of at least 4 members (excludes halogenated alkanes) is 28. The molecule has 0 aromatic rings. The number of allylic oxidation sites excluding steroid dienone is 2. The number of hydrogen-bond donors (Lipinski definition) is 2. The molecule has 0 fully saturated rings. The second-order valence-electron chi connectivity index (χ2n) is 15.6. The number of carbonyl (C=O) groups excluding carboxylic acids is 2. The van der Waals surface area contributed by atoms with Crippen LogP contribution in [0.15, 0.2) is 12.2 Å². The highest BCUT2D eigenvalue weighted by atomic mass is 31.2. The summed E-state index contributed by atoms with van der Waals surface area (Å²) in [6.45, 7) is 4.25. The van der Waals surface area contributed by atoms with Crippen LogP contribution in [0.4, 0.5) is 0 Å². The smallest absolute Gasteiger partial charge is 0.462 e. The molecule has 0 saturated heterocycles. The Labute approximate surface area is 339 Å². The fourth-order valence-corrected chi connectivity index (χ4v) is 7.36. The van der Waals surface area contributed by atoms with Crippen LogP contribution in [-0.2, 0) is 32.7 Å². The Balaban J connectivity index is 4.11. The normalized spacial score (nSPS) is 13.3. The molecule has 55 heavy (non-hydrogen) atoms. The van der Waals surface area contributed by atoms with Gasteiger partial charge in [-0.05, 0) is 45.6 Å². The molecule has 0 heterocycles. The van der Waals surface area contributed by atoms with E-state index in [1.807, 2.05) is 0 Å². The van der Waals surface area contributed by atoms with Crippen molar-refractivity contribution in [3.8, 4) is 0 Å². The van der Waals surface area contributed by atoms with Gasteiger partial charge < -0.3 is 19.7 Å². The second-order valence-corrected chi connectivity index (χ2v) is 17.0. The molecule has 0 amide bonds. The molecule has 0 aromatic carbocycles. The lowest BCUT2D eigenvalue weighted by Gasteiger charge is -2.20. The second kappa shape index (κ2) is 42.4. The standard InChI is InChI=1S/C45H88NO8P/c1-4-6-8-10-12-14-16-18-19-20-21-22-23-24-25-26-28-30-32-34-36-38-45(48)54-43(42-53-55(49,50)52-40-39-46-3)41-51-44(47)37-35-33-31-29-27-17-15-13-11-9-7-5-2/h18-19,43,46H,4-17,20-42H2,1-3H3,(H,49,50)/b19-18-/t43-/m1/s1. The van der Waals surface area contributed by atoms with E-state index in [0.29, 0.717) is 19.4 Å². The lowest BCUT2D eigenvalue weighted by molar-refractivity contribution is -0.161. The Kier molecular flexibility index (Phi) is 41.4. The predicted molar refractivity (Wildman–Crippen MR) is 229 cm³/mol. The van der Waals surface area contributed by atoms with E-state index in [0.717, 1.165) is 32.1 Å². The topological polar surface area (TPSA) is 120 Å². The maximum atomic E-state index is 12.6. The maximum Gasteiger partial charge on any atom is 0.472 e. The van der Waals surface area contributed by atoms with Gasteiger partial charge in [-0.25, -0.2) is 4.57 Å². The number of esters is 2. The molecule has 10 heteroatoms. The Morgan fingerprint density at radius 2 is 0.927 bits per heavy atom. The van der Waals surface area contributed by atoms with Crippen LogP contribution in [0, 0.1) is 0 Å². The van der Waals surface area contributed by atoms with Crippen molar-refractivity contribution < 1.29 is 37.6 Å². The van der Waals surface area contributed by atoms with E-state index in [1.165, 1.54) is 161 Å². The largest absolute Gasteiger partial charge is 0.472 e. The average molecular weight is 802 g/mol. The van der Waals surface area contributed by atoms with Gasteiger partial charge in [-0.2, -0.15) is 0 Å². The van der Waals surface area contributed by atoms with Crippen LogP contribution in [-0.4, -0.2) is 56.3 Å². The third-order valence-corrected chi connectivity index (χ3v) is 11.1. The first kappa shape index (κ1) is 53.8. The number of phosphoric acid groups is 1. The lowest BCUT2D eigenvalue weighted by Crippen LogP contribution is -2.29. The number of hydrogen-bond acceptors (Lipinski definition) is 8. The zero-order valence-corrected chi connectivity index (χ0v) is 37.0. The zero-order valence-electron chi connectivity index (χ0n) is 36.1. The van der Waals surface area contributed by atoms with Crippen molar-refractivity contribution in [1.82, 2.24) is 5.32 Å². The first-order valence-corrected chi connectivity index (χ1v) is 24.6. The minimum absolute atomic E-state index is 0.0136. The quantitative estimate of drug-likeness (QED) is 0.0268. The maximum absolute atomic E-state index is 12.6. The number of likely N-dealkylation sites (N-methyl/N-ethyl adjacent to an activating group) is 1. The Morgan fingerprint density at radius 3 is 1.35 bits per heavy atom. The van der Waals surface area contributed by atoms with Crippen molar-refractivity contribution in [3.05, 3.63) is 12.2 Å². The molecule has 0 spiro atoms. The predicted octanol–water partition coefficient (Wildman–Crippen LogP) is 13.3. The minimum Gasteiger partial charge on any atom is -0.462 e. The van der Waals surface area contributed by atoms with E-state index in [1.54, 1.807) is 7.05 Å². The summed E-state index contributed by atoms with van der Waals surface area (Å²) < 4.78 is 33.2. The van der Waals surface area contributed by atoms with Crippen LogP contribution >= 0.6 is 7.82 Å². The van der Waals surface area contributed by atoms with Crippen LogP contribution in [0.5, 0.6) is 0 Å². The third-order valence-electron chi connectivity index (χ3n) is 10.1. The third kappa shape index (κ3) is 42.2. The molecule has 0 saturated carbocycles. The molecule has 0 aliphatic carbocycles. The zero-order chi connectivity index (χ0) is 40.3. The van der Waals surface area contributed by atoms with Crippen molar-refractivity contribution in [2.24, 2.45) is 0 Å². The highest BCUT2D eigenvalue weighted by molar-refractivity contribution is 7.47. The molecular weight excluding hydrogens is 713 g/mol. The van der Waals surface area contributed by atoms with Gasteiger partial charge in [-0.3, -0.25) is 18.6 Å². The van der Waals surface area contributed by atoms with E-state index in [-0.39, 0.29) is 25.6 Å². The summed E-state index contributed by atoms with van der Waals surface area (Å²) in [6.07, 6.45) is 42.6. The van der Waals surface area contributed by atoms with Gasteiger partial charge in [0.25, 0.3) is 0 Å². The summed E-state index contributed by atoms with van der Waals surface area (Å²) in [7, 11) is -2.64. The van der Waals surface area contributed by atoms with Crippen molar-refractivity contribution in [2.45, 2.75) is 232 Å². The van der Waals surface area contributed by atoms with Gasteiger partial charge >= 0.3 is 19.8 Å². The lowest BCUT2D eigenvalue weighted by atomic mass is 10.0. The average Bonchev–Trinajstić information content (AvgIpc) is 3.17. The van der Waals surface area contributed by atoms with E-state index in [2.05, 4.69) is 31.3 Å². The van der Waals surface area contributed by atoms with Crippen molar-refractivity contribution >= 4 is 19.8 Å². The number of phosphoric ester groups is 1. The molecule has 2 N–H and O–H groups in total. The molecule has 1 unspecified atom stereocenters. The highest BCUT2D eigenvalue weighted by Gasteiger charge is 2.26. The van der Waals surface area contributed by atoms with Crippen LogP contribution in [0.2, 0.25) is 0 Å². The van der Waals surface area contributed by atoms with Gasteiger partial charge in [0.15, 0.2) is 6.10 Å². The Bertz CT molecular complexity index is 917. The number of ether oxygens (including phenoxy) is 2. The van der Waals surface area contributed by atoms with Gasteiger partial charge in [-0.15, -0.1) is 0 Å². The summed E-state index contributed by atoms with van der Waals surface area (Å²) in [4.78, 5) is 35.1. The van der Waals surface area contributed by atoms with Crippen molar-refractivity contribution in [1.29, 1.82) is 0 Å². The monoisotopic (exact) mass is 802 g/mol. The summed E-state index contributed by atoms with van der Waals surface area (Å²) in [5, 5.41) is 2.83. The van der Waals surface area contributed by atoms with E-state index in [4.69, 9.17) is 18.5 Å². The first-order valence-electron chi connectivity index (χ1n) is 23.1. The molecule has 0 bridgehead atoms. The Hall–Kier alpha value is -1.25. The Morgan fingerprint density at radius 1 is 0.545 bits per heavy atom. The summed E-state index contributed by atoms with van der Waals surface area (Å²) in [5.74, 6) is -0.796. The molecule has 0 aliphatic heterocycles. The molecule has 0 aliphatic rings. The molecule has 326 valence electrons. The van der Waals surface area contributed by atoms with Crippen LogP contribution in [0.25, 0.3) is 0 Å². The van der Waals surface area contributed by atoms with Gasteiger partial charge in [0.05, 0.1) is 13.2 Å². The molecule has 0 aromatic heterocycles. The fraction of sp³-hybridized carbons (Fsp3) is 0.911. The highest BCUT2D eigenvalue weighted by Crippen LogP contribution is 2.43. The van der Waals surface area contributed by atoms with Crippen LogP contribution in [0.3, 0.4) is 0 Å². The summed E-state index contributed by atoms with van der Waals surface area (Å²) >= 11 is 0. The molecule has 0 radical (unpaired) electrons. The molecule has 9 nitrogen and oxygen atoms in total. The first-order chi connectivity index (χ1) is 26.8.